The maximum atomic E-state index is 13.1. The number of carboxylic acids is 1. The SMILES string of the molecule is C[C@@H](CO)Oc1cc(Oc2ccc(S(C)(=O)=O)cc2)cc(C(=O)Nc2ncc(Oc3ccc(C(=O)O)cc3)s2)c1. The third-order valence-electron chi connectivity index (χ3n) is 5.25. The van der Waals surface area contributed by atoms with Gasteiger partial charge in [0.1, 0.15) is 29.1 Å². The van der Waals surface area contributed by atoms with Crippen molar-refractivity contribution >= 4 is 38.2 Å². The fourth-order valence-corrected chi connectivity index (χ4v) is 4.62. The summed E-state index contributed by atoms with van der Waals surface area (Å²) in [4.78, 5) is 28.4. The van der Waals surface area contributed by atoms with Gasteiger partial charge in [-0.25, -0.2) is 18.2 Å². The van der Waals surface area contributed by atoms with Crippen LogP contribution in [-0.2, 0) is 9.84 Å². The summed E-state index contributed by atoms with van der Waals surface area (Å²) in [6, 6.07) is 16.2. The normalized spacial score (nSPS) is 11.9. The number of nitrogens with zero attached hydrogens (tertiary/aromatic N) is 1. The van der Waals surface area contributed by atoms with Crippen molar-refractivity contribution in [1.82, 2.24) is 4.98 Å². The molecule has 13 heteroatoms. The molecule has 0 aliphatic carbocycles. The highest BCUT2D eigenvalue weighted by atomic mass is 32.2. The first-order valence-corrected chi connectivity index (χ1v) is 14.4. The molecule has 3 N–H and O–H groups in total. The molecule has 3 aromatic carbocycles. The Kier molecular flexibility index (Phi) is 8.67. The average molecular weight is 585 g/mol. The fourth-order valence-electron chi connectivity index (χ4n) is 3.31. The molecule has 208 valence electrons. The summed E-state index contributed by atoms with van der Waals surface area (Å²) in [5.74, 6) is -0.318. The summed E-state index contributed by atoms with van der Waals surface area (Å²) in [6.07, 6.45) is 1.97. The summed E-state index contributed by atoms with van der Waals surface area (Å²) in [5, 5.41) is 21.7. The zero-order chi connectivity index (χ0) is 28.9. The highest BCUT2D eigenvalue weighted by Gasteiger charge is 2.16. The molecule has 4 aromatic rings. The molecule has 1 atom stereocenters. The standard InChI is InChI=1S/C27H24N2O9S2/c1-16(15-30)36-21-11-18(12-22(13-21)37-19-7-9-23(10-8-19)40(2,34)35)25(31)29-27-28-14-24(39-27)38-20-5-3-17(4-6-20)26(32)33/h3-14,16,30H,15H2,1-2H3,(H,32,33)(H,28,29,31)/t16-/m0/s1. The first-order chi connectivity index (χ1) is 19.0. The van der Waals surface area contributed by atoms with Gasteiger partial charge in [-0.1, -0.05) is 11.3 Å². The molecule has 0 saturated carbocycles. The second-order valence-corrected chi connectivity index (χ2v) is 11.5. The van der Waals surface area contributed by atoms with E-state index in [-0.39, 0.29) is 39.3 Å². The maximum absolute atomic E-state index is 13.1. The van der Waals surface area contributed by atoms with Crippen LogP contribution in [0.1, 0.15) is 27.6 Å². The lowest BCUT2D eigenvalue weighted by Crippen LogP contribution is -2.17. The highest BCUT2D eigenvalue weighted by Crippen LogP contribution is 2.32. The molecule has 1 heterocycles. The third-order valence-corrected chi connectivity index (χ3v) is 7.17. The zero-order valence-electron chi connectivity index (χ0n) is 21.2. The summed E-state index contributed by atoms with van der Waals surface area (Å²) in [7, 11) is -3.37. The van der Waals surface area contributed by atoms with Gasteiger partial charge in [0.25, 0.3) is 5.91 Å². The van der Waals surface area contributed by atoms with E-state index < -0.39 is 27.8 Å². The van der Waals surface area contributed by atoms with E-state index in [0.29, 0.717) is 16.6 Å². The number of rotatable bonds is 11. The Morgan fingerprint density at radius 1 is 0.925 bits per heavy atom. The Hall–Kier alpha value is -4.46. The first-order valence-electron chi connectivity index (χ1n) is 11.7. The second kappa shape index (κ2) is 12.2. The molecule has 11 nitrogen and oxygen atoms in total. The number of amides is 1. The number of carbonyl (C=O) groups is 2. The van der Waals surface area contributed by atoms with Gasteiger partial charge in [0, 0.05) is 17.9 Å². The number of aromatic nitrogens is 1. The fraction of sp³-hybridized carbons (Fsp3) is 0.148. The highest BCUT2D eigenvalue weighted by molar-refractivity contribution is 7.90. The Balaban J connectivity index is 1.51. The predicted octanol–water partition coefficient (Wildman–Crippen LogP) is 4.84. The minimum Gasteiger partial charge on any atom is -0.488 e. The average Bonchev–Trinajstić information content (AvgIpc) is 3.35. The molecular formula is C27H24N2O9S2. The van der Waals surface area contributed by atoms with Crippen LogP contribution >= 0.6 is 11.3 Å². The number of aromatic carboxylic acids is 1. The molecule has 4 rings (SSSR count). The van der Waals surface area contributed by atoms with Crippen LogP contribution in [0.3, 0.4) is 0 Å². The first kappa shape index (κ1) is 28.5. The lowest BCUT2D eigenvalue weighted by molar-refractivity contribution is 0.0696. The van der Waals surface area contributed by atoms with Crippen molar-refractivity contribution in [3.63, 3.8) is 0 Å². The molecule has 0 aliphatic rings. The number of benzene rings is 3. The van der Waals surface area contributed by atoms with Gasteiger partial charge in [-0.15, -0.1) is 0 Å². The summed E-state index contributed by atoms with van der Waals surface area (Å²) < 4.78 is 40.7. The Morgan fingerprint density at radius 2 is 1.55 bits per heavy atom. The molecule has 0 unspecified atom stereocenters. The topological polar surface area (TPSA) is 161 Å². The number of hydrogen-bond donors (Lipinski definition) is 3. The number of anilines is 1. The van der Waals surface area contributed by atoms with Crippen LogP contribution in [0.4, 0.5) is 5.13 Å². The number of sulfone groups is 1. The van der Waals surface area contributed by atoms with Gasteiger partial charge in [-0.3, -0.25) is 10.1 Å². The van der Waals surface area contributed by atoms with Gasteiger partial charge in [0.05, 0.1) is 23.3 Å². The third kappa shape index (κ3) is 7.56. The van der Waals surface area contributed by atoms with E-state index in [4.69, 9.17) is 19.3 Å². The van der Waals surface area contributed by atoms with E-state index in [2.05, 4.69) is 10.3 Å². The predicted molar refractivity (Wildman–Crippen MR) is 147 cm³/mol. The molecule has 1 aromatic heterocycles. The van der Waals surface area contributed by atoms with Crippen LogP contribution in [0.2, 0.25) is 0 Å². The number of hydrogen-bond acceptors (Lipinski definition) is 10. The second-order valence-electron chi connectivity index (χ2n) is 8.52. The van der Waals surface area contributed by atoms with Gasteiger partial charge in [-0.05, 0) is 67.6 Å². The maximum Gasteiger partial charge on any atom is 0.335 e. The lowest BCUT2D eigenvalue weighted by atomic mass is 10.2. The molecular weight excluding hydrogens is 560 g/mol. The van der Waals surface area contributed by atoms with Crippen LogP contribution in [0.5, 0.6) is 28.1 Å². The molecule has 40 heavy (non-hydrogen) atoms. The van der Waals surface area contributed by atoms with Crippen LogP contribution in [0.15, 0.2) is 77.8 Å². The van der Waals surface area contributed by atoms with E-state index in [1.807, 2.05) is 0 Å². The molecule has 0 radical (unpaired) electrons. The van der Waals surface area contributed by atoms with Crippen molar-refractivity contribution in [3.05, 3.63) is 84.1 Å². The van der Waals surface area contributed by atoms with E-state index in [1.54, 1.807) is 13.0 Å². The zero-order valence-corrected chi connectivity index (χ0v) is 22.9. The van der Waals surface area contributed by atoms with Crippen molar-refractivity contribution in [1.29, 1.82) is 0 Å². The Labute approximate surface area is 233 Å². The quantitative estimate of drug-likeness (QED) is 0.222. The van der Waals surface area contributed by atoms with Gasteiger partial charge in [-0.2, -0.15) is 0 Å². The number of carbonyl (C=O) groups excluding carboxylic acids is 1. The lowest BCUT2D eigenvalue weighted by Gasteiger charge is -2.15. The number of aliphatic hydroxyl groups is 1. The van der Waals surface area contributed by atoms with Crippen LogP contribution < -0.4 is 19.5 Å². The van der Waals surface area contributed by atoms with E-state index >= 15 is 0 Å². The van der Waals surface area contributed by atoms with E-state index in [0.717, 1.165) is 17.6 Å². The summed E-state index contributed by atoms with van der Waals surface area (Å²) >= 11 is 1.06. The Bertz CT molecular complexity index is 1620. The van der Waals surface area contributed by atoms with Crippen LogP contribution in [-0.4, -0.2) is 54.5 Å². The van der Waals surface area contributed by atoms with E-state index in [9.17, 15) is 23.1 Å². The molecule has 0 saturated heterocycles. The molecule has 0 aliphatic heterocycles. The molecule has 0 spiro atoms. The summed E-state index contributed by atoms with van der Waals surface area (Å²) in [6.45, 7) is 1.41. The van der Waals surface area contributed by atoms with Crippen molar-refractivity contribution in [3.8, 4) is 28.1 Å². The molecule has 0 bridgehead atoms. The van der Waals surface area contributed by atoms with Crippen molar-refractivity contribution < 1.29 is 42.4 Å². The number of carboxylic acid groups (broad SMARTS) is 1. The van der Waals surface area contributed by atoms with E-state index in [1.165, 1.54) is 66.9 Å². The van der Waals surface area contributed by atoms with Crippen molar-refractivity contribution in [2.45, 2.75) is 17.9 Å². The number of thiazole rings is 1. The monoisotopic (exact) mass is 584 g/mol. The summed E-state index contributed by atoms with van der Waals surface area (Å²) in [5.41, 5.74) is 0.297. The van der Waals surface area contributed by atoms with Gasteiger partial charge >= 0.3 is 5.97 Å². The minimum atomic E-state index is -3.37. The molecule has 0 fully saturated rings. The number of nitrogens with one attached hydrogen (secondary N) is 1. The van der Waals surface area contributed by atoms with Crippen LogP contribution in [0.25, 0.3) is 0 Å². The minimum absolute atomic E-state index is 0.124. The van der Waals surface area contributed by atoms with Gasteiger partial charge in [0.15, 0.2) is 15.0 Å². The molecule has 1 amide bonds. The van der Waals surface area contributed by atoms with Crippen molar-refractivity contribution in [2.75, 3.05) is 18.2 Å². The van der Waals surface area contributed by atoms with Gasteiger partial charge < -0.3 is 24.4 Å². The Morgan fingerprint density at radius 3 is 2.17 bits per heavy atom. The van der Waals surface area contributed by atoms with Crippen LogP contribution in [0, 0.1) is 0 Å². The number of aliphatic hydroxyl groups excluding tert-OH is 1. The number of ether oxygens (including phenoxy) is 3. The van der Waals surface area contributed by atoms with Gasteiger partial charge in [0.2, 0.25) is 5.06 Å². The van der Waals surface area contributed by atoms with Crippen molar-refractivity contribution in [2.24, 2.45) is 0 Å². The largest absolute Gasteiger partial charge is 0.488 e. The smallest absolute Gasteiger partial charge is 0.335 e.